The molecule has 0 spiro atoms. The van der Waals surface area contributed by atoms with Gasteiger partial charge in [0.05, 0.1) is 12.2 Å². The van der Waals surface area contributed by atoms with E-state index < -0.39 is 6.23 Å². The van der Waals surface area contributed by atoms with Gasteiger partial charge >= 0.3 is 0 Å². The molecule has 1 aromatic heterocycles. The van der Waals surface area contributed by atoms with E-state index >= 15 is 0 Å². The molecule has 2 heterocycles. The van der Waals surface area contributed by atoms with Gasteiger partial charge in [0.2, 0.25) is 17.3 Å². The SMILES string of the molecule is CCCSc1nnc2c(n1)OC(c1ccccc1OCC)Nc1ccccc1-2. The molecule has 0 fully saturated rings. The van der Waals surface area contributed by atoms with Gasteiger partial charge in [0.25, 0.3) is 0 Å². The summed E-state index contributed by atoms with van der Waals surface area (Å²) >= 11 is 1.58. The van der Waals surface area contributed by atoms with E-state index in [9.17, 15) is 0 Å². The number of aromatic nitrogens is 3. The molecule has 0 aliphatic carbocycles. The maximum Gasteiger partial charge on any atom is 0.247 e. The van der Waals surface area contributed by atoms with Gasteiger partial charge in [-0.15, -0.1) is 10.2 Å². The summed E-state index contributed by atoms with van der Waals surface area (Å²) in [6.07, 6.45) is 0.589. The fraction of sp³-hybridized carbons (Fsp3) is 0.286. The number of fused-ring (bicyclic) bond motifs is 3. The maximum absolute atomic E-state index is 6.32. The van der Waals surface area contributed by atoms with E-state index in [1.54, 1.807) is 11.8 Å². The van der Waals surface area contributed by atoms with Crippen LogP contribution in [0.1, 0.15) is 32.1 Å². The predicted octanol–water partition coefficient (Wildman–Crippen LogP) is 4.94. The number of thioether (sulfide) groups is 1. The quantitative estimate of drug-likeness (QED) is 0.594. The van der Waals surface area contributed by atoms with Crippen molar-refractivity contribution in [1.82, 2.24) is 15.2 Å². The normalized spacial score (nSPS) is 14.9. The van der Waals surface area contributed by atoms with Crippen LogP contribution < -0.4 is 14.8 Å². The molecule has 7 heteroatoms. The van der Waals surface area contributed by atoms with Crippen molar-refractivity contribution in [2.45, 2.75) is 31.7 Å². The standard InChI is InChI=1S/C21H22N4O2S/c1-3-13-28-21-23-20-18(24-25-21)14-9-5-7-11-16(14)22-19(27-20)15-10-6-8-12-17(15)26-4-2/h5-12,19,22H,3-4,13H2,1-2H3. The van der Waals surface area contributed by atoms with Crippen molar-refractivity contribution < 1.29 is 9.47 Å². The Kier molecular flexibility index (Phi) is 5.62. The van der Waals surface area contributed by atoms with Crippen LogP contribution in [0.3, 0.4) is 0 Å². The second-order valence-electron chi connectivity index (χ2n) is 6.26. The highest BCUT2D eigenvalue weighted by atomic mass is 32.2. The van der Waals surface area contributed by atoms with Crippen molar-refractivity contribution in [3.8, 4) is 22.9 Å². The number of hydrogen-bond acceptors (Lipinski definition) is 7. The molecule has 0 saturated carbocycles. The van der Waals surface area contributed by atoms with Crippen molar-refractivity contribution >= 4 is 17.4 Å². The lowest BCUT2D eigenvalue weighted by Crippen LogP contribution is -2.18. The molecule has 0 amide bonds. The summed E-state index contributed by atoms with van der Waals surface area (Å²) < 4.78 is 12.1. The molecule has 144 valence electrons. The molecule has 0 saturated heterocycles. The van der Waals surface area contributed by atoms with E-state index in [2.05, 4.69) is 27.4 Å². The van der Waals surface area contributed by atoms with Gasteiger partial charge in [0, 0.05) is 17.0 Å². The Hall–Kier alpha value is -2.80. The number of ether oxygens (including phenoxy) is 2. The van der Waals surface area contributed by atoms with Gasteiger partial charge in [0.1, 0.15) is 5.75 Å². The minimum Gasteiger partial charge on any atom is -0.493 e. The molecule has 4 rings (SSSR count). The van der Waals surface area contributed by atoms with E-state index in [0.717, 1.165) is 34.7 Å². The van der Waals surface area contributed by atoms with Crippen LogP contribution in [-0.4, -0.2) is 27.5 Å². The van der Waals surface area contributed by atoms with Gasteiger partial charge in [-0.05, 0) is 31.5 Å². The van der Waals surface area contributed by atoms with E-state index in [-0.39, 0.29) is 0 Å². The van der Waals surface area contributed by atoms with Crippen molar-refractivity contribution in [3.63, 3.8) is 0 Å². The number of nitrogens with zero attached hydrogens (tertiary/aromatic N) is 3. The van der Waals surface area contributed by atoms with Crippen LogP contribution in [0.25, 0.3) is 11.3 Å². The van der Waals surface area contributed by atoms with Gasteiger partial charge in [-0.2, -0.15) is 4.98 Å². The molecular weight excluding hydrogens is 372 g/mol. The van der Waals surface area contributed by atoms with Crippen LogP contribution in [0.2, 0.25) is 0 Å². The summed E-state index contributed by atoms with van der Waals surface area (Å²) in [4.78, 5) is 4.65. The predicted molar refractivity (Wildman–Crippen MR) is 111 cm³/mol. The maximum atomic E-state index is 6.32. The number of para-hydroxylation sites is 2. The Bertz CT molecular complexity index is 967. The second kappa shape index (κ2) is 8.48. The number of rotatable bonds is 6. The zero-order valence-electron chi connectivity index (χ0n) is 15.9. The minimum atomic E-state index is -0.453. The molecule has 2 aromatic carbocycles. The highest BCUT2D eigenvalue weighted by Crippen LogP contribution is 2.41. The summed E-state index contributed by atoms with van der Waals surface area (Å²) in [5.41, 5.74) is 3.39. The molecule has 6 nitrogen and oxygen atoms in total. The second-order valence-corrected chi connectivity index (χ2v) is 7.32. The zero-order chi connectivity index (χ0) is 19.3. The Labute approximate surface area is 168 Å². The summed E-state index contributed by atoms with van der Waals surface area (Å²) in [5, 5.41) is 12.8. The van der Waals surface area contributed by atoms with E-state index in [4.69, 9.17) is 9.47 Å². The topological polar surface area (TPSA) is 69.2 Å². The first-order chi connectivity index (χ1) is 13.8. The van der Waals surface area contributed by atoms with Gasteiger partial charge in [-0.3, -0.25) is 0 Å². The fourth-order valence-corrected chi connectivity index (χ4v) is 3.66. The van der Waals surface area contributed by atoms with Crippen molar-refractivity contribution in [2.75, 3.05) is 17.7 Å². The summed E-state index contributed by atoms with van der Waals surface area (Å²) in [6, 6.07) is 15.8. The minimum absolute atomic E-state index is 0.453. The number of hydrogen-bond donors (Lipinski definition) is 1. The van der Waals surface area contributed by atoms with Crippen molar-refractivity contribution in [1.29, 1.82) is 0 Å². The lowest BCUT2D eigenvalue weighted by Gasteiger charge is -2.21. The Morgan fingerprint density at radius 1 is 1.07 bits per heavy atom. The highest BCUT2D eigenvalue weighted by Gasteiger charge is 2.27. The van der Waals surface area contributed by atoms with E-state index in [1.165, 1.54) is 0 Å². The third kappa shape index (κ3) is 3.75. The van der Waals surface area contributed by atoms with E-state index in [0.29, 0.717) is 23.3 Å². The molecule has 1 aliphatic heterocycles. The first-order valence-electron chi connectivity index (χ1n) is 9.42. The molecule has 3 aromatic rings. The summed E-state index contributed by atoms with van der Waals surface area (Å²) in [5.74, 6) is 2.19. The first-order valence-corrected chi connectivity index (χ1v) is 10.4. The zero-order valence-corrected chi connectivity index (χ0v) is 16.7. The Balaban J connectivity index is 1.79. The first kappa shape index (κ1) is 18.6. The summed E-state index contributed by atoms with van der Waals surface area (Å²) in [6.45, 7) is 4.68. The van der Waals surface area contributed by atoms with Crippen LogP contribution in [0.5, 0.6) is 11.6 Å². The Morgan fingerprint density at radius 3 is 2.75 bits per heavy atom. The number of anilines is 1. The monoisotopic (exact) mass is 394 g/mol. The molecule has 1 aliphatic rings. The lowest BCUT2D eigenvalue weighted by atomic mass is 10.1. The third-order valence-electron chi connectivity index (χ3n) is 4.27. The molecule has 1 N–H and O–H groups in total. The van der Waals surface area contributed by atoms with Gasteiger partial charge in [0.15, 0.2) is 5.69 Å². The van der Waals surface area contributed by atoms with Crippen molar-refractivity contribution in [2.24, 2.45) is 0 Å². The highest BCUT2D eigenvalue weighted by molar-refractivity contribution is 7.99. The van der Waals surface area contributed by atoms with Crippen LogP contribution in [0.15, 0.2) is 53.7 Å². The molecule has 1 atom stereocenters. The van der Waals surface area contributed by atoms with Gasteiger partial charge < -0.3 is 14.8 Å². The average Bonchev–Trinajstić information content (AvgIpc) is 2.89. The molecule has 1 unspecified atom stereocenters. The molecule has 28 heavy (non-hydrogen) atoms. The van der Waals surface area contributed by atoms with Crippen LogP contribution in [0.4, 0.5) is 5.69 Å². The number of benzene rings is 2. The van der Waals surface area contributed by atoms with Gasteiger partial charge in [-0.1, -0.05) is 49.0 Å². The summed E-state index contributed by atoms with van der Waals surface area (Å²) in [7, 11) is 0. The molecule has 0 radical (unpaired) electrons. The largest absolute Gasteiger partial charge is 0.493 e. The number of nitrogens with one attached hydrogen (secondary N) is 1. The van der Waals surface area contributed by atoms with Crippen molar-refractivity contribution in [3.05, 3.63) is 54.1 Å². The molecular formula is C21H22N4O2S. The van der Waals surface area contributed by atoms with E-state index in [1.807, 2.05) is 55.5 Å². The lowest BCUT2D eigenvalue weighted by molar-refractivity contribution is 0.217. The van der Waals surface area contributed by atoms with Crippen LogP contribution in [-0.2, 0) is 0 Å². The smallest absolute Gasteiger partial charge is 0.247 e. The van der Waals surface area contributed by atoms with Crippen LogP contribution >= 0.6 is 11.8 Å². The Morgan fingerprint density at radius 2 is 1.89 bits per heavy atom. The molecule has 0 bridgehead atoms. The van der Waals surface area contributed by atoms with Gasteiger partial charge in [-0.25, -0.2) is 0 Å². The fourth-order valence-electron chi connectivity index (χ4n) is 3.03. The third-order valence-corrected chi connectivity index (χ3v) is 5.31. The average molecular weight is 395 g/mol. The van der Waals surface area contributed by atoms with Crippen LogP contribution in [0, 0.1) is 0 Å².